The summed E-state index contributed by atoms with van der Waals surface area (Å²) in [6, 6.07) is 6.78. The molecule has 3 aromatic heterocycles. The van der Waals surface area contributed by atoms with Gasteiger partial charge in [-0.3, -0.25) is 19.5 Å². The number of carbonyl (C=O) groups excluding carboxylic acids is 2. The number of rotatable bonds is 4. The van der Waals surface area contributed by atoms with Gasteiger partial charge in [0.15, 0.2) is 12.5 Å². The predicted molar refractivity (Wildman–Crippen MR) is 115 cm³/mol. The highest BCUT2D eigenvalue weighted by molar-refractivity contribution is 9.10. The highest BCUT2D eigenvalue weighted by atomic mass is 79.9. The number of hydrogen-bond donors (Lipinski definition) is 2. The van der Waals surface area contributed by atoms with Gasteiger partial charge < -0.3 is 10.1 Å². The highest BCUT2D eigenvalue weighted by Gasteiger charge is 2.66. The standard InChI is InChI=1S/C21H17BrN6O3/c22-16-2-1-3-17(25-16)26-20(30)14-5-12-6-21(12,27-14)18(29)13-8-31-10-28-15(13)4-11-7-23-9-24-19(11)28/h1-4,7-9,12,14,27H,5-6,10H2,(H,25,26,30). The molecule has 3 unspecified atom stereocenters. The number of ether oxygens (including phenoxy) is 1. The fourth-order valence-electron chi connectivity index (χ4n) is 4.67. The molecule has 1 amide bonds. The van der Waals surface area contributed by atoms with Crippen LogP contribution in [0, 0.1) is 5.92 Å². The second-order valence-electron chi connectivity index (χ2n) is 8.06. The fourth-order valence-corrected chi connectivity index (χ4v) is 5.02. The molecule has 2 N–H and O–H groups in total. The van der Waals surface area contributed by atoms with Crippen LogP contribution in [0.4, 0.5) is 5.82 Å². The Bertz CT molecular complexity index is 1290. The molecule has 0 spiro atoms. The number of pyridine rings is 1. The normalized spacial score (nSPS) is 25.9. The zero-order chi connectivity index (χ0) is 21.2. The number of nitrogens with zero attached hydrogens (tertiary/aromatic N) is 4. The van der Waals surface area contributed by atoms with Crippen LogP contribution in [0.3, 0.4) is 0 Å². The molecule has 3 atom stereocenters. The molecule has 6 rings (SSSR count). The van der Waals surface area contributed by atoms with Gasteiger partial charge in [-0.05, 0) is 52.9 Å². The minimum atomic E-state index is -0.730. The summed E-state index contributed by atoms with van der Waals surface area (Å²) in [4.78, 5) is 38.9. The van der Waals surface area contributed by atoms with Gasteiger partial charge in [0.2, 0.25) is 5.91 Å². The third-order valence-corrected chi connectivity index (χ3v) is 6.67. The molecule has 1 saturated heterocycles. The van der Waals surface area contributed by atoms with E-state index in [1.54, 1.807) is 24.4 Å². The Labute approximate surface area is 185 Å². The van der Waals surface area contributed by atoms with Crippen molar-refractivity contribution in [2.45, 2.75) is 31.2 Å². The van der Waals surface area contributed by atoms with Gasteiger partial charge in [-0.2, -0.15) is 0 Å². The first kappa shape index (κ1) is 18.6. The number of aromatic nitrogens is 4. The van der Waals surface area contributed by atoms with Gasteiger partial charge >= 0.3 is 0 Å². The van der Waals surface area contributed by atoms with Crippen LogP contribution in [0.1, 0.15) is 18.5 Å². The zero-order valence-corrected chi connectivity index (χ0v) is 17.8. The van der Waals surface area contributed by atoms with E-state index in [0.29, 0.717) is 35.6 Å². The fraction of sp³-hybridized carbons (Fsp3) is 0.286. The Morgan fingerprint density at radius 3 is 3.13 bits per heavy atom. The third-order valence-electron chi connectivity index (χ3n) is 6.23. The first-order chi connectivity index (χ1) is 15.0. The number of fused-ring (bicyclic) bond motifs is 4. The van der Waals surface area contributed by atoms with Gasteiger partial charge in [0.05, 0.1) is 29.1 Å². The van der Waals surface area contributed by atoms with Crippen LogP contribution >= 0.6 is 15.9 Å². The molecule has 1 aliphatic carbocycles. The van der Waals surface area contributed by atoms with Crippen LogP contribution in [-0.4, -0.2) is 42.8 Å². The molecule has 3 aliphatic rings. The van der Waals surface area contributed by atoms with E-state index in [1.165, 1.54) is 12.6 Å². The van der Waals surface area contributed by atoms with Crippen LogP contribution in [0.5, 0.6) is 0 Å². The minimum absolute atomic E-state index is 0.0508. The summed E-state index contributed by atoms with van der Waals surface area (Å²) in [6.07, 6.45) is 6.04. The summed E-state index contributed by atoms with van der Waals surface area (Å²) < 4.78 is 8.10. The van der Waals surface area contributed by atoms with Gasteiger partial charge in [0, 0.05) is 11.6 Å². The van der Waals surface area contributed by atoms with E-state index in [1.807, 2.05) is 10.6 Å². The maximum absolute atomic E-state index is 13.6. The number of nitrogens with one attached hydrogen (secondary N) is 2. The maximum atomic E-state index is 13.6. The molecule has 2 aliphatic heterocycles. The van der Waals surface area contributed by atoms with E-state index in [2.05, 4.69) is 41.5 Å². The molecule has 10 heteroatoms. The Kier molecular flexibility index (Phi) is 4.03. The second-order valence-corrected chi connectivity index (χ2v) is 8.87. The van der Waals surface area contributed by atoms with Crippen molar-refractivity contribution >= 4 is 50.0 Å². The molecule has 0 bridgehead atoms. The lowest BCUT2D eigenvalue weighted by Crippen LogP contribution is -2.47. The van der Waals surface area contributed by atoms with E-state index in [4.69, 9.17) is 4.74 Å². The molecule has 2 fully saturated rings. The lowest BCUT2D eigenvalue weighted by Gasteiger charge is -2.22. The molecule has 31 heavy (non-hydrogen) atoms. The number of ketones is 1. The molecular formula is C21H17BrN6O3. The van der Waals surface area contributed by atoms with Crippen molar-refractivity contribution in [1.82, 2.24) is 24.8 Å². The summed E-state index contributed by atoms with van der Waals surface area (Å²) in [5, 5.41) is 6.98. The van der Waals surface area contributed by atoms with Crippen molar-refractivity contribution in [2.24, 2.45) is 5.92 Å². The summed E-state index contributed by atoms with van der Waals surface area (Å²) in [5.41, 5.74) is 1.26. The summed E-state index contributed by atoms with van der Waals surface area (Å²) >= 11 is 3.30. The van der Waals surface area contributed by atoms with Crippen molar-refractivity contribution in [3.05, 3.63) is 53.3 Å². The first-order valence-corrected chi connectivity index (χ1v) is 10.7. The van der Waals surface area contributed by atoms with E-state index in [9.17, 15) is 9.59 Å². The number of anilines is 1. The molecular weight excluding hydrogens is 464 g/mol. The van der Waals surface area contributed by atoms with E-state index in [-0.39, 0.29) is 17.6 Å². The van der Waals surface area contributed by atoms with Crippen LogP contribution in [0.15, 0.2) is 47.7 Å². The van der Waals surface area contributed by atoms with Crippen molar-refractivity contribution in [2.75, 3.05) is 5.32 Å². The van der Waals surface area contributed by atoms with E-state index < -0.39 is 11.6 Å². The Morgan fingerprint density at radius 1 is 1.35 bits per heavy atom. The van der Waals surface area contributed by atoms with Crippen molar-refractivity contribution in [1.29, 1.82) is 0 Å². The zero-order valence-electron chi connectivity index (χ0n) is 16.2. The number of hydrogen-bond acceptors (Lipinski definition) is 7. The monoisotopic (exact) mass is 480 g/mol. The smallest absolute Gasteiger partial charge is 0.242 e. The number of piperidine rings is 1. The highest BCUT2D eigenvalue weighted by Crippen LogP contribution is 2.54. The number of halogens is 1. The summed E-state index contributed by atoms with van der Waals surface area (Å²) in [5.74, 6) is 0.344. The van der Waals surface area contributed by atoms with Crippen molar-refractivity contribution in [3.8, 4) is 0 Å². The van der Waals surface area contributed by atoms with Gasteiger partial charge in [-0.1, -0.05) is 6.07 Å². The summed E-state index contributed by atoms with van der Waals surface area (Å²) in [7, 11) is 0. The first-order valence-electron chi connectivity index (χ1n) is 9.92. The molecule has 156 valence electrons. The minimum Gasteiger partial charge on any atom is -0.479 e. The van der Waals surface area contributed by atoms with E-state index >= 15 is 0 Å². The average molecular weight is 481 g/mol. The largest absolute Gasteiger partial charge is 0.479 e. The molecule has 9 nitrogen and oxygen atoms in total. The molecule has 5 heterocycles. The number of amides is 1. The van der Waals surface area contributed by atoms with E-state index in [0.717, 1.165) is 16.7 Å². The molecule has 0 radical (unpaired) electrons. The Morgan fingerprint density at radius 2 is 2.26 bits per heavy atom. The number of Topliss-reactive ketones (excluding diaryl/α,β-unsaturated/α-hetero) is 1. The number of carbonyl (C=O) groups is 2. The van der Waals surface area contributed by atoms with Gasteiger partial charge in [0.25, 0.3) is 0 Å². The molecule has 3 aromatic rings. The quantitative estimate of drug-likeness (QED) is 0.550. The maximum Gasteiger partial charge on any atom is 0.242 e. The van der Waals surface area contributed by atoms with Crippen LogP contribution in [-0.2, 0) is 21.1 Å². The van der Waals surface area contributed by atoms with Crippen molar-refractivity contribution < 1.29 is 14.3 Å². The lowest BCUT2D eigenvalue weighted by molar-refractivity contribution is -0.119. The van der Waals surface area contributed by atoms with Gasteiger partial charge in [0.1, 0.15) is 22.4 Å². The lowest BCUT2D eigenvalue weighted by atomic mass is 9.99. The predicted octanol–water partition coefficient (Wildman–Crippen LogP) is 2.25. The van der Waals surface area contributed by atoms with Crippen LogP contribution < -0.4 is 10.6 Å². The topological polar surface area (TPSA) is 111 Å². The molecule has 0 aromatic carbocycles. The Balaban J connectivity index is 1.23. The molecule has 1 saturated carbocycles. The van der Waals surface area contributed by atoms with Gasteiger partial charge in [-0.25, -0.2) is 15.0 Å². The second kappa shape index (κ2) is 6.69. The van der Waals surface area contributed by atoms with Gasteiger partial charge in [-0.15, -0.1) is 0 Å². The van der Waals surface area contributed by atoms with Crippen LogP contribution in [0.2, 0.25) is 0 Å². The third kappa shape index (κ3) is 2.89. The van der Waals surface area contributed by atoms with Crippen molar-refractivity contribution in [3.63, 3.8) is 0 Å². The SMILES string of the molecule is O=C(Nc1cccc(Br)n1)C1CC2CC2(C(=O)C2=COCn3c2cc2cncnc23)N1. The van der Waals surface area contributed by atoms with Crippen LogP contribution in [0.25, 0.3) is 16.6 Å². The Hall–Kier alpha value is -3.11. The summed E-state index contributed by atoms with van der Waals surface area (Å²) in [6.45, 7) is 0.293. The average Bonchev–Trinajstić information content (AvgIpc) is 3.15.